The van der Waals surface area contributed by atoms with E-state index in [0.717, 1.165) is 0 Å². The maximum Gasteiger partial charge on any atom is 0.339 e. The van der Waals surface area contributed by atoms with Crippen LogP contribution in [0.3, 0.4) is 0 Å². The molecule has 16 heavy (non-hydrogen) atoms. The molecule has 0 aromatic carbocycles. The molecule has 1 aliphatic carbocycles. The molecule has 2 atom stereocenters. The summed E-state index contributed by atoms with van der Waals surface area (Å²) in [4.78, 5) is 0. The van der Waals surface area contributed by atoms with Gasteiger partial charge in [0.05, 0.1) is 5.92 Å². The van der Waals surface area contributed by atoms with Crippen molar-refractivity contribution in [1.29, 1.82) is 0 Å². The van der Waals surface area contributed by atoms with Crippen molar-refractivity contribution in [3.63, 3.8) is 0 Å². The SMILES string of the molecule is CC(C)C1=[N+](C(C)C)[C@@H]2CCCCC[C@@H]2O1. The van der Waals surface area contributed by atoms with Crippen LogP contribution in [0.25, 0.3) is 0 Å². The minimum atomic E-state index is 0.474. The summed E-state index contributed by atoms with van der Waals surface area (Å²) in [6.45, 7) is 9.07. The lowest BCUT2D eigenvalue weighted by Gasteiger charge is -2.14. The van der Waals surface area contributed by atoms with Crippen molar-refractivity contribution in [3.8, 4) is 0 Å². The normalized spacial score (nSPS) is 30.6. The number of nitrogens with zero attached hydrogens (tertiary/aromatic N) is 1. The largest absolute Gasteiger partial charge is 0.437 e. The summed E-state index contributed by atoms with van der Waals surface area (Å²) in [5.74, 6) is 1.77. The molecule has 0 aromatic rings. The van der Waals surface area contributed by atoms with Gasteiger partial charge in [0.15, 0.2) is 18.2 Å². The smallest absolute Gasteiger partial charge is 0.339 e. The number of rotatable bonds is 2. The molecule has 0 bridgehead atoms. The van der Waals surface area contributed by atoms with Crippen LogP contribution in [-0.2, 0) is 4.74 Å². The molecule has 1 fully saturated rings. The summed E-state index contributed by atoms with van der Waals surface area (Å²) >= 11 is 0. The Morgan fingerprint density at radius 2 is 1.75 bits per heavy atom. The Morgan fingerprint density at radius 3 is 2.38 bits per heavy atom. The van der Waals surface area contributed by atoms with Crippen molar-refractivity contribution in [3.05, 3.63) is 0 Å². The van der Waals surface area contributed by atoms with Gasteiger partial charge in [-0.1, -0.05) is 6.42 Å². The first kappa shape index (κ1) is 11.9. The molecule has 1 saturated carbocycles. The standard InChI is InChI=1S/C14H26NO/c1-10(2)14-15(11(3)4)12-8-6-5-7-9-13(12)16-14/h10-13H,5-9H2,1-4H3/q+1/t12-,13+/m1/s1. The molecule has 2 rings (SSSR count). The molecule has 0 aromatic heterocycles. The third-order valence-corrected chi connectivity index (χ3v) is 3.85. The minimum Gasteiger partial charge on any atom is -0.437 e. The van der Waals surface area contributed by atoms with Crippen LogP contribution in [0.1, 0.15) is 59.8 Å². The fraction of sp³-hybridized carbons (Fsp3) is 0.929. The molecule has 0 saturated heterocycles. The van der Waals surface area contributed by atoms with Crippen molar-refractivity contribution in [2.45, 2.75) is 78.0 Å². The molecule has 0 N–H and O–H groups in total. The molecule has 2 aliphatic rings. The summed E-state index contributed by atoms with van der Waals surface area (Å²) in [6, 6.07) is 1.23. The number of hydrogen-bond acceptors (Lipinski definition) is 1. The average Bonchev–Trinajstić information content (AvgIpc) is 2.43. The first-order valence-electron chi connectivity index (χ1n) is 6.93. The molecule has 0 amide bonds. The maximum absolute atomic E-state index is 6.22. The van der Waals surface area contributed by atoms with Crippen LogP contribution in [0.15, 0.2) is 0 Å². The van der Waals surface area contributed by atoms with Crippen LogP contribution in [-0.4, -0.2) is 28.7 Å². The number of fused-ring (bicyclic) bond motifs is 1. The average molecular weight is 224 g/mol. The molecule has 1 aliphatic heterocycles. The van der Waals surface area contributed by atoms with Gasteiger partial charge in [-0.3, -0.25) is 0 Å². The van der Waals surface area contributed by atoms with Gasteiger partial charge in [0, 0.05) is 6.42 Å². The first-order chi connectivity index (χ1) is 7.61. The summed E-state index contributed by atoms with van der Waals surface area (Å²) in [5, 5.41) is 0. The Morgan fingerprint density at radius 1 is 1.06 bits per heavy atom. The highest BCUT2D eigenvalue weighted by atomic mass is 16.5. The Bertz CT molecular complexity index is 280. The van der Waals surface area contributed by atoms with Crippen molar-refractivity contribution < 1.29 is 9.31 Å². The fourth-order valence-electron chi connectivity index (χ4n) is 3.16. The lowest BCUT2D eigenvalue weighted by Crippen LogP contribution is -2.36. The molecule has 92 valence electrons. The van der Waals surface area contributed by atoms with E-state index in [4.69, 9.17) is 4.74 Å². The minimum absolute atomic E-state index is 0.474. The van der Waals surface area contributed by atoms with E-state index in [1.54, 1.807) is 0 Å². The van der Waals surface area contributed by atoms with Gasteiger partial charge in [-0.15, -0.1) is 0 Å². The molecular formula is C14H26NO+. The van der Waals surface area contributed by atoms with E-state index >= 15 is 0 Å². The van der Waals surface area contributed by atoms with Gasteiger partial charge >= 0.3 is 5.90 Å². The summed E-state index contributed by atoms with van der Waals surface area (Å²) < 4.78 is 8.78. The Kier molecular flexibility index (Phi) is 3.56. The topological polar surface area (TPSA) is 12.2 Å². The molecule has 1 heterocycles. The monoisotopic (exact) mass is 224 g/mol. The van der Waals surface area contributed by atoms with Gasteiger partial charge in [-0.05, 0) is 47.0 Å². The Labute approximate surface area is 99.7 Å². The molecule has 2 nitrogen and oxygen atoms in total. The summed E-state index contributed by atoms with van der Waals surface area (Å²) in [6.07, 6.45) is 7.15. The van der Waals surface area contributed by atoms with Crippen molar-refractivity contribution in [2.24, 2.45) is 5.92 Å². The van der Waals surface area contributed by atoms with Crippen molar-refractivity contribution >= 4 is 5.90 Å². The predicted octanol–water partition coefficient (Wildman–Crippen LogP) is 3.19. The van der Waals surface area contributed by atoms with Crippen LogP contribution in [0.2, 0.25) is 0 Å². The van der Waals surface area contributed by atoms with E-state index < -0.39 is 0 Å². The Balaban J connectivity index is 2.26. The molecule has 0 spiro atoms. The van der Waals surface area contributed by atoms with E-state index in [1.807, 2.05) is 0 Å². The maximum atomic E-state index is 6.22. The highest BCUT2D eigenvalue weighted by molar-refractivity contribution is 5.74. The van der Waals surface area contributed by atoms with Crippen LogP contribution >= 0.6 is 0 Å². The van der Waals surface area contributed by atoms with E-state index in [0.29, 0.717) is 24.1 Å². The zero-order chi connectivity index (χ0) is 11.7. The van der Waals surface area contributed by atoms with E-state index in [1.165, 1.54) is 38.0 Å². The highest BCUT2D eigenvalue weighted by Crippen LogP contribution is 2.30. The van der Waals surface area contributed by atoms with Gasteiger partial charge in [-0.25, -0.2) is 0 Å². The molecular weight excluding hydrogens is 198 g/mol. The van der Waals surface area contributed by atoms with Crippen molar-refractivity contribution in [1.82, 2.24) is 0 Å². The third-order valence-electron chi connectivity index (χ3n) is 3.85. The zero-order valence-electron chi connectivity index (χ0n) is 11.2. The van der Waals surface area contributed by atoms with Crippen LogP contribution in [0.5, 0.6) is 0 Å². The van der Waals surface area contributed by atoms with Gasteiger partial charge in [0.1, 0.15) is 0 Å². The second-order valence-corrected chi connectivity index (χ2v) is 5.86. The Hall–Kier alpha value is -0.530. The predicted molar refractivity (Wildman–Crippen MR) is 67.0 cm³/mol. The van der Waals surface area contributed by atoms with Gasteiger partial charge < -0.3 is 4.74 Å². The van der Waals surface area contributed by atoms with Crippen molar-refractivity contribution in [2.75, 3.05) is 0 Å². The molecule has 2 heteroatoms. The van der Waals surface area contributed by atoms with Crippen LogP contribution < -0.4 is 0 Å². The van der Waals surface area contributed by atoms with Crippen LogP contribution in [0.4, 0.5) is 0 Å². The lowest BCUT2D eigenvalue weighted by molar-refractivity contribution is -0.591. The number of hydrogen-bond donors (Lipinski definition) is 0. The fourth-order valence-corrected chi connectivity index (χ4v) is 3.16. The van der Waals surface area contributed by atoms with Gasteiger partial charge in [0.2, 0.25) is 0 Å². The molecule has 0 unspecified atom stereocenters. The zero-order valence-corrected chi connectivity index (χ0v) is 11.2. The van der Waals surface area contributed by atoms with E-state index in [-0.39, 0.29) is 0 Å². The second kappa shape index (κ2) is 4.77. The lowest BCUT2D eigenvalue weighted by atomic mass is 10.1. The quantitative estimate of drug-likeness (QED) is 0.656. The first-order valence-corrected chi connectivity index (χ1v) is 6.93. The van der Waals surface area contributed by atoms with Crippen LogP contribution in [0, 0.1) is 5.92 Å². The second-order valence-electron chi connectivity index (χ2n) is 5.86. The summed E-state index contributed by atoms with van der Waals surface area (Å²) in [7, 11) is 0. The number of ether oxygens (including phenoxy) is 1. The van der Waals surface area contributed by atoms with Gasteiger partial charge in [-0.2, -0.15) is 4.58 Å². The third kappa shape index (κ3) is 2.11. The van der Waals surface area contributed by atoms with Gasteiger partial charge in [0.25, 0.3) is 0 Å². The molecule has 0 radical (unpaired) electrons. The highest BCUT2D eigenvalue weighted by Gasteiger charge is 2.45. The van der Waals surface area contributed by atoms with E-state index in [9.17, 15) is 0 Å². The van der Waals surface area contributed by atoms with E-state index in [2.05, 4.69) is 32.3 Å². The summed E-state index contributed by atoms with van der Waals surface area (Å²) in [5.41, 5.74) is 0.